The van der Waals surface area contributed by atoms with Crippen LogP contribution in [-0.4, -0.2) is 23.0 Å². The summed E-state index contributed by atoms with van der Waals surface area (Å²) in [7, 11) is 1.54. The standard InChI is InChI=1S/C22H21N3O4S/c1-13(2)22-25-17-9-15(5-7-18(17)29-22)24-21(26)14-4-6-19(20(8-14)27-3)28-10-16-11-30-12-23-16/h4-9,11-13H,10H2,1-3H3,(H,24,26). The molecule has 0 atom stereocenters. The van der Waals surface area contributed by atoms with Crippen LogP contribution in [0.15, 0.2) is 51.7 Å². The van der Waals surface area contributed by atoms with Crippen LogP contribution < -0.4 is 14.8 Å². The Morgan fingerprint density at radius 3 is 2.80 bits per heavy atom. The van der Waals surface area contributed by atoms with Gasteiger partial charge in [-0.1, -0.05) is 13.8 Å². The molecule has 0 unspecified atom stereocenters. The van der Waals surface area contributed by atoms with Crippen molar-refractivity contribution in [2.24, 2.45) is 0 Å². The van der Waals surface area contributed by atoms with Gasteiger partial charge in [0, 0.05) is 22.5 Å². The van der Waals surface area contributed by atoms with Gasteiger partial charge in [0.1, 0.15) is 12.1 Å². The predicted octanol–water partition coefficient (Wildman–Crippen LogP) is 5.25. The average Bonchev–Trinajstić information content (AvgIpc) is 3.41. The number of hydrogen-bond donors (Lipinski definition) is 1. The van der Waals surface area contributed by atoms with Crippen LogP contribution in [0.25, 0.3) is 11.1 Å². The van der Waals surface area contributed by atoms with E-state index in [2.05, 4.69) is 15.3 Å². The molecule has 0 aliphatic carbocycles. The van der Waals surface area contributed by atoms with E-state index in [-0.39, 0.29) is 11.8 Å². The molecule has 4 rings (SSSR count). The lowest BCUT2D eigenvalue weighted by atomic mass is 10.1. The first-order valence-corrected chi connectivity index (χ1v) is 10.4. The summed E-state index contributed by atoms with van der Waals surface area (Å²) < 4.78 is 16.9. The fraction of sp³-hybridized carbons (Fsp3) is 0.227. The Morgan fingerprint density at radius 2 is 2.07 bits per heavy atom. The Labute approximate surface area is 177 Å². The maximum atomic E-state index is 12.7. The summed E-state index contributed by atoms with van der Waals surface area (Å²) in [6.45, 7) is 4.37. The van der Waals surface area contributed by atoms with Gasteiger partial charge in [-0.25, -0.2) is 9.97 Å². The van der Waals surface area contributed by atoms with Crippen molar-refractivity contribution in [3.63, 3.8) is 0 Å². The normalized spacial score (nSPS) is 11.1. The van der Waals surface area contributed by atoms with Gasteiger partial charge in [0.15, 0.2) is 23.0 Å². The second kappa shape index (κ2) is 8.54. The van der Waals surface area contributed by atoms with Gasteiger partial charge in [-0.3, -0.25) is 4.79 Å². The van der Waals surface area contributed by atoms with Gasteiger partial charge in [0.05, 0.1) is 18.3 Å². The zero-order valence-electron chi connectivity index (χ0n) is 16.8. The zero-order valence-corrected chi connectivity index (χ0v) is 17.7. The first-order chi connectivity index (χ1) is 14.5. The fourth-order valence-corrected chi connectivity index (χ4v) is 3.40. The molecule has 1 amide bonds. The molecule has 154 valence electrons. The Balaban J connectivity index is 1.49. The number of benzene rings is 2. The van der Waals surface area contributed by atoms with Crippen LogP contribution >= 0.6 is 11.3 Å². The lowest BCUT2D eigenvalue weighted by molar-refractivity contribution is 0.102. The first kappa shape index (κ1) is 19.9. The summed E-state index contributed by atoms with van der Waals surface area (Å²) in [5.74, 6) is 1.63. The van der Waals surface area contributed by atoms with Crippen molar-refractivity contribution < 1.29 is 18.7 Å². The summed E-state index contributed by atoms with van der Waals surface area (Å²) in [5.41, 5.74) is 5.09. The molecule has 8 heteroatoms. The molecule has 0 saturated carbocycles. The van der Waals surface area contributed by atoms with Crippen molar-refractivity contribution in [2.45, 2.75) is 26.4 Å². The second-order valence-electron chi connectivity index (χ2n) is 6.98. The molecule has 0 radical (unpaired) electrons. The number of methoxy groups -OCH3 is 1. The molecule has 1 N–H and O–H groups in total. The van der Waals surface area contributed by atoms with Gasteiger partial charge < -0.3 is 19.2 Å². The smallest absolute Gasteiger partial charge is 0.255 e. The van der Waals surface area contributed by atoms with Crippen molar-refractivity contribution in [3.05, 3.63) is 64.4 Å². The number of aromatic nitrogens is 2. The Bertz CT molecular complexity index is 1170. The molecule has 2 aromatic carbocycles. The van der Waals surface area contributed by atoms with Crippen LogP contribution in [0.2, 0.25) is 0 Å². The van der Waals surface area contributed by atoms with Crippen LogP contribution in [0.4, 0.5) is 5.69 Å². The number of thiazole rings is 1. The molecule has 0 bridgehead atoms. The van der Waals surface area contributed by atoms with Crippen LogP contribution in [-0.2, 0) is 6.61 Å². The molecule has 0 spiro atoms. The number of anilines is 1. The summed E-state index contributed by atoms with van der Waals surface area (Å²) in [4.78, 5) is 21.4. The van der Waals surface area contributed by atoms with Gasteiger partial charge >= 0.3 is 0 Å². The van der Waals surface area contributed by atoms with Crippen molar-refractivity contribution in [2.75, 3.05) is 12.4 Å². The third kappa shape index (κ3) is 4.28. The van der Waals surface area contributed by atoms with E-state index in [9.17, 15) is 4.79 Å². The third-order valence-electron chi connectivity index (χ3n) is 4.44. The quantitative estimate of drug-likeness (QED) is 0.437. The van der Waals surface area contributed by atoms with Crippen LogP contribution in [0.3, 0.4) is 0 Å². The summed E-state index contributed by atoms with van der Waals surface area (Å²) in [5, 5.41) is 4.81. The first-order valence-electron chi connectivity index (χ1n) is 9.43. The monoisotopic (exact) mass is 423 g/mol. The van der Waals surface area contributed by atoms with Crippen molar-refractivity contribution >= 4 is 34.0 Å². The van der Waals surface area contributed by atoms with Gasteiger partial charge in [0.2, 0.25) is 0 Å². The predicted molar refractivity (Wildman–Crippen MR) is 115 cm³/mol. The van der Waals surface area contributed by atoms with Crippen LogP contribution in [0.1, 0.15) is 41.7 Å². The van der Waals surface area contributed by atoms with E-state index in [4.69, 9.17) is 13.9 Å². The molecule has 0 aliphatic rings. The molecule has 0 fully saturated rings. The van der Waals surface area contributed by atoms with Gasteiger partial charge in [-0.2, -0.15) is 0 Å². The summed E-state index contributed by atoms with van der Waals surface area (Å²) in [6, 6.07) is 10.5. The molecule has 7 nitrogen and oxygen atoms in total. The zero-order chi connectivity index (χ0) is 21.1. The Kier molecular flexibility index (Phi) is 5.67. The van der Waals surface area contributed by atoms with E-state index in [0.29, 0.717) is 46.3 Å². The highest BCUT2D eigenvalue weighted by molar-refractivity contribution is 7.07. The number of oxazole rings is 1. The number of nitrogens with zero attached hydrogens (tertiary/aromatic N) is 2. The van der Waals surface area contributed by atoms with Gasteiger partial charge in [0.25, 0.3) is 5.91 Å². The van der Waals surface area contributed by atoms with Gasteiger partial charge in [-0.15, -0.1) is 11.3 Å². The number of ether oxygens (including phenoxy) is 2. The number of rotatable bonds is 7. The fourth-order valence-electron chi connectivity index (χ4n) is 2.86. The molecule has 2 aromatic heterocycles. The number of carbonyl (C=O) groups excluding carboxylic acids is 1. The molecule has 30 heavy (non-hydrogen) atoms. The maximum absolute atomic E-state index is 12.7. The minimum Gasteiger partial charge on any atom is -0.493 e. The molecule has 4 aromatic rings. The highest BCUT2D eigenvalue weighted by Gasteiger charge is 2.14. The third-order valence-corrected chi connectivity index (χ3v) is 5.08. The molecular formula is C22H21N3O4S. The van der Waals surface area contributed by atoms with Crippen molar-refractivity contribution in [1.29, 1.82) is 0 Å². The minimum absolute atomic E-state index is 0.194. The largest absolute Gasteiger partial charge is 0.493 e. The van der Waals surface area contributed by atoms with E-state index in [0.717, 1.165) is 5.69 Å². The molecule has 0 aliphatic heterocycles. The van der Waals surface area contributed by atoms with E-state index in [1.807, 2.05) is 19.2 Å². The van der Waals surface area contributed by atoms with Crippen molar-refractivity contribution in [1.82, 2.24) is 9.97 Å². The highest BCUT2D eigenvalue weighted by Crippen LogP contribution is 2.30. The lowest BCUT2D eigenvalue weighted by Gasteiger charge is -2.12. The van der Waals surface area contributed by atoms with Gasteiger partial charge in [-0.05, 0) is 36.4 Å². The SMILES string of the molecule is COc1cc(C(=O)Nc2ccc3oc(C(C)C)nc3c2)ccc1OCc1cscn1. The maximum Gasteiger partial charge on any atom is 0.255 e. The van der Waals surface area contributed by atoms with E-state index < -0.39 is 0 Å². The molecule has 2 heterocycles. The highest BCUT2D eigenvalue weighted by atomic mass is 32.1. The Hall–Kier alpha value is -3.39. The van der Waals surface area contributed by atoms with Crippen LogP contribution in [0, 0.1) is 0 Å². The van der Waals surface area contributed by atoms with E-state index in [1.165, 1.54) is 18.4 Å². The number of carbonyl (C=O) groups is 1. The number of amides is 1. The summed E-state index contributed by atoms with van der Waals surface area (Å²) in [6.07, 6.45) is 0. The lowest BCUT2D eigenvalue weighted by Crippen LogP contribution is -2.12. The van der Waals surface area contributed by atoms with Crippen LogP contribution in [0.5, 0.6) is 11.5 Å². The van der Waals surface area contributed by atoms with E-state index >= 15 is 0 Å². The Morgan fingerprint density at radius 1 is 1.20 bits per heavy atom. The molecular weight excluding hydrogens is 402 g/mol. The topological polar surface area (TPSA) is 86.5 Å². The second-order valence-corrected chi connectivity index (χ2v) is 7.70. The van der Waals surface area contributed by atoms with E-state index in [1.54, 1.807) is 41.9 Å². The average molecular weight is 423 g/mol. The number of nitrogens with one attached hydrogen (secondary N) is 1. The van der Waals surface area contributed by atoms with Crippen molar-refractivity contribution in [3.8, 4) is 11.5 Å². The minimum atomic E-state index is -0.258. The number of fused-ring (bicyclic) bond motifs is 1. The molecule has 0 saturated heterocycles. The number of hydrogen-bond acceptors (Lipinski definition) is 7. The summed E-state index contributed by atoms with van der Waals surface area (Å²) >= 11 is 1.51.